The molecule has 0 spiro atoms. The second kappa shape index (κ2) is 6.07. The third-order valence-electron chi connectivity index (χ3n) is 4.27. The van der Waals surface area contributed by atoms with Crippen LogP contribution in [0.5, 0.6) is 5.75 Å². The van der Waals surface area contributed by atoms with E-state index >= 15 is 0 Å². The molecule has 0 aliphatic heterocycles. The van der Waals surface area contributed by atoms with Crippen molar-refractivity contribution >= 4 is 34.2 Å². The topological polar surface area (TPSA) is 56.3 Å². The highest BCUT2D eigenvalue weighted by Crippen LogP contribution is 2.36. The van der Waals surface area contributed by atoms with Crippen LogP contribution in [-0.4, -0.2) is 23.7 Å². The number of rotatable bonds is 2. The summed E-state index contributed by atoms with van der Waals surface area (Å²) in [6.07, 6.45) is 1.64. The standard InChI is InChI=1S/C20H12INO3/c1-25-12-8-6-11(7-9-12)16-15(21)10-22-18-17(16)19(23)13-4-2-3-5-14(13)20(18)24/h2-10H,1H3. The molecule has 4 rings (SSSR count). The van der Waals surface area contributed by atoms with Gasteiger partial charge in [-0.05, 0) is 40.3 Å². The molecule has 0 unspecified atom stereocenters. The van der Waals surface area contributed by atoms with Gasteiger partial charge in [0.2, 0.25) is 5.78 Å². The number of hydrogen-bond donors (Lipinski definition) is 0. The Morgan fingerprint density at radius 3 is 2.16 bits per heavy atom. The fourth-order valence-electron chi connectivity index (χ4n) is 3.06. The lowest BCUT2D eigenvalue weighted by molar-refractivity contribution is 0.0975. The maximum Gasteiger partial charge on any atom is 0.212 e. The minimum atomic E-state index is -0.212. The van der Waals surface area contributed by atoms with Crippen LogP contribution in [0.15, 0.2) is 54.7 Å². The molecule has 25 heavy (non-hydrogen) atoms. The van der Waals surface area contributed by atoms with Crippen LogP contribution in [-0.2, 0) is 0 Å². The monoisotopic (exact) mass is 441 g/mol. The van der Waals surface area contributed by atoms with Crippen molar-refractivity contribution in [3.63, 3.8) is 0 Å². The van der Waals surface area contributed by atoms with Crippen LogP contribution in [0.1, 0.15) is 32.0 Å². The van der Waals surface area contributed by atoms with E-state index in [1.165, 1.54) is 0 Å². The molecule has 0 amide bonds. The molecule has 1 aromatic heterocycles. The second-order valence-corrected chi connectivity index (χ2v) is 6.80. The number of halogens is 1. The van der Waals surface area contributed by atoms with Gasteiger partial charge < -0.3 is 4.74 Å². The number of carbonyl (C=O) groups is 2. The first-order valence-electron chi connectivity index (χ1n) is 7.63. The summed E-state index contributed by atoms with van der Waals surface area (Å²) in [5, 5.41) is 0. The van der Waals surface area contributed by atoms with E-state index in [4.69, 9.17) is 4.74 Å². The van der Waals surface area contributed by atoms with Crippen molar-refractivity contribution in [3.8, 4) is 16.9 Å². The molecule has 0 bridgehead atoms. The summed E-state index contributed by atoms with van der Waals surface area (Å²) in [6, 6.07) is 14.3. The molecule has 5 heteroatoms. The number of hydrogen-bond acceptors (Lipinski definition) is 4. The van der Waals surface area contributed by atoms with Gasteiger partial charge in [-0.25, -0.2) is 0 Å². The van der Waals surface area contributed by atoms with Gasteiger partial charge in [-0.2, -0.15) is 0 Å². The summed E-state index contributed by atoms with van der Waals surface area (Å²) in [4.78, 5) is 30.2. The van der Waals surface area contributed by atoms with E-state index in [2.05, 4.69) is 27.6 Å². The summed E-state index contributed by atoms with van der Waals surface area (Å²) in [6.45, 7) is 0. The third-order valence-corrected chi connectivity index (χ3v) is 5.09. The fraction of sp³-hybridized carbons (Fsp3) is 0.0500. The van der Waals surface area contributed by atoms with Gasteiger partial charge in [0, 0.05) is 26.5 Å². The number of pyridine rings is 1. The first kappa shape index (κ1) is 16.0. The predicted molar refractivity (Wildman–Crippen MR) is 102 cm³/mol. The summed E-state index contributed by atoms with van der Waals surface area (Å²) in [7, 11) is 1.60. The molecule has 1 aliphatic rings. The average molecular weight is 441 g/mol. The summed E-state index contributed by atoms with van der Waals surface area (Å²) >= 11 is 2.15. The number of carbonyl (C=O) groups excluding carboxylic acids is 2. The van der Waals surface area contributed by atoms with Crippen molar-refractivity contribution in [2.75, 3.05) is 7.11 Å². The SMILES string of the molecule is COc1ccc(-c2c(I)cnc3c2C(=O)c2ccccc2C3=O)cc1. The van der Waals surface area contributed by atoms with Crippen molar-refractivity contribution < 1.29 is 14.3 Å². The van der Waals surface area contributed by atoms with Gasteiger partial charge in [-0.3, -0.25) is 14.6 Å². The van der Waals surface area contributed by atoms with Crippen LogP contribution in [0.3, 0.4) is 0 Å². The van der Waals surface area contributed by atoms with Crippen LogP contribution >= 0.6 is 22.6 Å². The molecule has 0 saturated carbocycles. The molecule has 0 N–H and O–H groups in total. The summed E-state index contributed by atoms with van der Waals surface area (Å²) in [5.74, 6) is 0.354. The van der Waals surface area contributed by atoms with Crippen molar-refractivity contribution in [3.05, 3.63) is 80.7 Å². The number of ketones is 2. The maximum atomic E-state index is 13.1. The van der Waals surface area contributed by atoms with Crippen LogP contribution in [0.4, 0.5) is 0 Å². The molecule has 122 valence electrons. The van der Waals surface area contributed by atoms with E-state index in [-0.39, 0.29) is 17.3 Å². The minimum absolute atomic E-state index is 0.165. The van der Waals surface area contributed by atoms with Crippen LogP contribution in [0.2, 0.25) is 0 Å². The average Bonchev–Trinajstić information content (AvgIpc) is 2.66. The predicted octanol–water partition coefficient (Wildman–Crippen LogP) is 4.14. The summed E-state index contributed by atoms with van der Waals surface area (Å²) < 4.78 is 6.02. The Kier molecular flexibility index (Phi) is 3.88. The highest BCUT2D eigenvalue weighted by molar-refractivity contribution is 14.1. The lowest BCUT2D eigenvalue weighted by Gasteiger charge is -2.20. The zero-order valence-electron chi connectivity index (χ0n) is 13.2. The first-order valence-corrected chi connectivity index (χ1v) is 8.71. The lowest BCUT2D eigenvalue weighted by atomic mass is 9.83. The molecule has 0 radical (unpaired) electrons. The highest BCUT2D eigenvalue weighted by Gasteiger charge is 2.33. The molecular weight excluding hydrogens is 429 g/mol. The van der Waals surface area contributed by atoms with Crippen LogP contribution < -0.4 is 4.74 Å². The van der Waals surface area contributed by atoms with Crippen LogP contribution in [0, 0.1) is 3.57 Å². The Bertz CT molecular complexity index is 1030. The molecule has 2 aromatic carbocycles. The van der Waals surface area contributed by atoms with Crippen molar-refractivity contribution in [2.45, 2.75) is 0 Å². The van der Waals surface area contributed by atoms with E-state index in [0.29, 0.717) is 16.7 Å². The van der Waals surface area contributed by atoms with Gasteiger partial charge >= 0.3 is 0 Å². The third kappa shape index (κ3) is 2.46. The molecular formula is C20H12INO3. The van der Waals surface area contributed by atoms with Gasteiger partial charge in [-0.1, -0.05) is 36.4 Å². The molecule has 4 nitrogen and oxygen atoms in total. The van der Waals surface area contributed by atoms with Gasteiger partial charge in [0.1, 0.15) is 11.4 Å². The number of ether oxygens (including phenoxy) is 1. The van der Waals surface area contributed by atoms with Gasteiger partial charge in [0.15, 0.2) is 5.78 Å². The molecule has 1 heterocycles. The molecule has 0 atom stereocenters. The quantitative estimate of drug-likeness (QED) is 0.439. The second-order valence-electron chi connectivity index (χ2n) is 5.64. The first-order chi connectivity index (χ1) is 12.1. The zero-order valence-corrected chi connectivity index (χ0v) is 15.4. The Morgan fingerprint density at radius 1 is 0.880 bits per heavy atom. The molecule has 0 fully saturated rings. The molecule has 3 aromatic rings. The molecule has 0 saturated heterocycles. The Labute approximate surface area is 158 Å². The lowest BCUT2D eigenvalue weighted by Crippen LogP contribution is -2.23. The zero-order chi connectivity index (χ0) is 17.6. The Balaban J connectivity index is 1.99. The minimum Gasteiger partial charge on any atom is -0.497 e. The smallest absolute Gasteiger partial charge is 0.212 e. The largest absolute Gasteiger partial charge is 0.497 e. The number of nitrogens with zero attached hydrogens (tertiary/aromatic N) is 1. The van der Waals surface area contributed by atoms with E-state index in [0.717, 1.165) is 20.4 Å². The Morgan fingerprint density at radius 2 is 1.52 bits per heavy atom. The Hall–Kier alpha value is -2.54. The number of benzene rings is 2. The van der Waals surface area contributed by atoms with Crippen molar-refractivity contribution in [2.24, 2.45) is 0 Å². The number of methoxy groups -OCH3 is 1. The summed E-state index contributed by atoms with van der Waals surface area (Å²) in [5.41, 5.74) is 3.02. The van der Waals surface area contributed by atoms with Gasteiger partial charge in [0.25, 0.3) is 0 Å². The van der Waals surface area contributed by atoms with E-state index in [1.807, 2.05) is 24.3 Å². The van der Waals surface area contributed by atoms with Gasteiger partial charge in [-0.15, -0.1) is 0 Å². The highest BCUT2D eigenvalue weighted by atomic mass is 127. The van der Waals surface area contributed by atoms with Crippen molar-refractivity contribution in [1.29, 1.82) is 0 Å². The molecule has 1 aliphatic carbocycles. The van der Waals surface area contributed by atoms with E-state index in [1.54, 1.807) is 37.6 Å². The van der Waals surface area contributed by atoms with E-state index < -0.39 is 0 Å². The number of fused-ring (bicyclic) bond motifs is 2. The fourth-order valence-corrected chi connectivity index (χ4v) is 3.78. The number of aromatic nitrogens is 1. The maximum absolute atomic E-state index is 13.1. The van der Waals surface area contributed by atoms with E-state index in [9.17, 15) is 9.59 Å². The normalized spacial score (nSPS) is 12.6. The van der Waals surface area contributed by atoms with Gasteiger partial charge in [0.05, 0.1) is 12.7 Å². The van der Waals surface area contributed by atoms with Crippen LogP contribution in [0.25, 0.3) is 11.1 Å². The van der Waals surface area contributed by atoms with Crippen molar-refractivity contribution in [1.82, 2.24) is 4.98 Å².